The number of para-hydroxylation sites is 1. The number of hydrogen-bond donors (Lipinski definition) is 1. The Morgan fingerprint density at radius 1 is 0.500 bits per heavy atom. The molecule has 0 spiro atoms. The molecule has 58 heavy (non-hydrogen) atoms. The van der Waals surface area contributed by atoms with Crippen LogP contribution in [0.2, 0.25) is 0 Å². The predicted octanol–water partition coefficient (Wildman–Crippen LogP) is 11.7. The molecule has 9 aromatic rings. The Bertz CT molecular complexity index is 2440. The maximum atomic E-state index is 12.6. The maximum absolute atomic E-state index is 12.6. The summed E-state index contributed by atoms with van der Waals surface area (Å²) in [5.74, 6) is 0.0437. The van der Waals surface area contributed by atoms with Crippen LogP contribution >= 0.6 is 0 Å². The van der Waals surface area contributed by atoms with Crippen LogP contribution in [0.1, 0.15) is 5.56 Å². The topological polar surface area (TPSA) is 71.8 Å². The normalized spacial score (nSPS) is 9.55. The van der Waals surface area contributed by atoms with E-state index >= 15 is 0 Å². The second kappa shape index (κ2) is 25.2. The number of fused-ring (bicyclic) bond motifs is 1. The zero-order valence-electron chi connectivity index (χ0n) is 31.1. The second-order valence-electron chi connectivity index (χ2n) is 12.0. The van der Waals surface area contributed by atoms with Crippen molar-refractivity contribution >= 4 is 10.8 Å². The van der Waals surface area contributed by atoms with E-state index in [9.17, 15) is 4.39 Å². The van der Waals surface area contributed by atoms with E-state index in [1.54, 1.807) is 48.9 Å². The first-order chi connectivity index (χ1) is 27.0. The summed E-state index contributed by atoms with van der Waals surface area (Å²) in [6.07, 6.45) is 7.14. The third-order valence-electron chi connectivity index (χ3n) is 8.00. The van der Waals surface area contributed by atoms with Gasteiger partial charge in [-0.05, 0) is 58.6 Å². The summed E-state index contributed by atoms with van der Waals surface area (Å²) < 4.78 is 12.6. The zero-order chi connectivity index (χ0) is 38.1. The number of nitrogens with zero attached hydrogens (tertiary/aromatic N) is 4. The summed E-state index contributed by atoms with van der Waals surface area (Å²) in [5, 5.41) is 11.0. The molecule has 4 aromatic heterocycles. The van der Waals surface area contributed by atoms with Crippen LogP contribution in [0.3, 0.4) is 0 Å². The van der Waals surface area contributed by atoms with Crippen molar-refractivity contribution in [3.05, 3.63) is 224 Å². The molecular weight excluding hydrogens is 1260 g/mol. The molecule has 0 aliphatic heterocycles. The van der Waals surface area contributed by atoms with Gasteiger partial charge in [0.1, 0.15) is 5.75 Å². The monoisotopic (exact) mass is 1300 g/mol. The Balaban J connectivity index is 0.000000212. The average Bonchev–Trinajstić information content (AvgIpc) is 3.26. The fraction of sp³-hybridized carbons (Fsp3) is 0.0204. The van der Waals surface area contributed by atoms with Crippen molar-refractivity contribution in [1.82, 2.24) is 19.9 Å². The first-order valence-corrected chi connectivity index (χ1v) is 17.5. The van der Waals surface area contributed by atoms with Crippen LogP contribution in [0.4, 0.5) is 4.39 Å². The summed E-state index contributed by atoms with van der Waals surface area (Å²) >= 11 is 0. The molecule has 5 nitrogen and oxygen atoms in total. The molecule has 1 N–H and O–H groups in total. The molecule has 0 atom stereocenters. The van der Waals surface area contributed by atoms with Crippen molar-refractivity contribution < 1.29 is 71.7 Å². The molecule has 297 valence electrons. The van der Waals surface area contributed by atoms with Gasteiger partial charge in [0.05, 0.1) is 0 Å². The summed E-state index contributed by atoms with van der Waals surface area (Å²) in [6.45, 7) is 2.08. The number of aromatic hydroxyl groups is 1. The van der Waals surface area contributed by atoms with Gasteiger partial charge in [-0.2, -0.15) is 0 Å². The Morgan fingerprint density at radius 3 is 1.55 bits per heavy atom. The molecule has 0 aliphatic carbocycles. The molecule has 1 radical (unpaired) electrons. The largest absolute Gasteiger partial charge is 0.508 e. The van der Waals surface area contributed by atoms with Crippen molar-refractivity contribution in [3.63, 3.8) is 0 Å². The van der Waals surface area contributed by atoms with Gasteiger partial charge in [-0.3, -0.25) is 14.4 Å². The zero-order valence-corrected chi connectivity index (χ0v) is 38.0. The van der Waals surface area contributed by atoms with Crippen molar-refractivity contribution in [2.75, 3.05) is 0 Å². The van der Waals surface area contributed by atoms with Gasteiger partial charge in [-0.15, -0.1) is 89.5 Å². The van der Waals surface area contributed by atoms with Crippen LogP contribution in [0.15, 0.2) is 195 Å². The van der Waals surface area contributed by atoms with E-state index in [0.717, 1.165) is 45.0 Å². The van der Waals surface area contributed by atoms with E-state index in [0.29, 0.717) is 5.75 Å². The minimum atomic E-state index is -0.278. The molecule has 0 amide bonds. The minimum absolute atomic E-state index is 0. The van der Waals surface area contributed by atoms with Crippen LogP contribution in [-0.2, 0) is 62.2 Å². The van der Waals surface area contributed by atoms with E-state index < -0.39 is 0 Å². The van der Waals surface area contributed by atoms with Gasteiger partial charge >= 0.3 is 0 Å². The Labute approximate surface area is 381 Å². The third-order valence-corrected chi connectivity index (χ3v) is 8.00. The van der Waals surface area contributed by atoms with E-state index in [4.69, 9.17) is 5.11 Å². The van der Waals surface area contributed by atoms with E-state index in [-0.39, 0.29) is 68.1 Å². The SMILES string of the molecule is Cc1cc(-c2ccccn2)[c-]c(-c2ccccn2)c1.Fc1c[c-]c(-c2ccccn2)cc1.Oc1ccccc1.[Ir].[Pt].[Pt].[c-]1ccccc1-c1nccc2ccccc12. The van der Waals surface area contributed by atoms with Crippen molar-refractivity contribution in [1.29, 1.82) is 0 Å². The van der Waals surface area contributed by atoms with E-state index in [1.165, 1.54) is 28.5 Å². The quantitative estimate of drug-likeness (QED) is 0.178. The Morgan fingerprint density at radius 2 is 1.05 bits per heavy atom. The summed E-state index contributed by atoms with van der Waals surface area (Å²) in [7, 11) is 0. The molecule has 0 aliphatic rings. The van der Waals surface area contributed by atoms with Crippen LogP contribution in [0.25, 0.3) is 55.8 Å². The van der Waals surface area contributed by atoms with E-state index in [2.05, 4.69) is 69.3 Å². The Hall–Kier alpha value is -5.28. The molecule has 0 fully saturated rings. The molecule has 0 saturated carbocycles. The average molecular weight is 1300 g/mol. The van der Waals surface area contributed by atoms with Gasteiger partial charge in [-0.1, -0.05) is 96.9 Å². The van der Waals surface area contributed by atoms with Crippen molar-refractivity contribution in [2.24, 2.45) is 0 Å². The molecule has 5 aromatic carbocycles. The number of phenolic OH excluding ortho intramolecular Hbond substituents is 1. The van der Waals surface area contributed by atoms with Crippen molar-refractivity contribution in [2.45, 2.75) is 6.92 Å². The van der Waals surface area contributed by atoms with Crippen molar-refractivity contribution in [3.8, 4) is 50.8 Å². The standard InChI is InChI=1S/C17H13N2.C15H10N.C11H7FN.C6H6O.Ir.2Pt/c1-13-10-14(16-6-2-4-8-18-16)12-15(11-13)17-7-3-5-9-19-17;1-2-7-13(8-3-1)15-14-9-5-4-6-12(14)10-11-16-15;12-10-6-4-9(5-7-10)11-3-1-2-8-13-11;7-6-4-2-1-3-5-6;;;/h2-11H,1H3;1-7,9-11H;1-4,6-8H;1-5,7H;;;/q3*-1;;;;. The number of pyridine rings is 4. The smallest absolute Gasteiger partial charge is 0.115 e. The first kappa shape index (κ1) is 47.1. The molecule has 9 rings (SSSR count). The molecule has 9 heteroatoms. The maximum Gasteiger partial charge on any atom is 0.115 e. The number of rotatable bonds is 4. The predicted molar refractivity (Wildman–Crippen MR) is 219 cm³/mol. The minimum Gasteiger partial charge on any atom is -0.508 e. The molecule has 4 heterocycles. The number of benzene rings is 5. The van der Waals surface area contributed by atoms with E-state index in [1.807, 2.05) is 109 Å². The fourth-order valence-electron chi connectivity index (χ4n) is 5.42. The summed E-state index contributed by atoms with van der Waals surface area (Å²) in [6, 6.07) is 62.3. The Kier molecular flexibility index (Phi) is 20.4. The number of phenols is 1. The molecule has 0 saturated heterocycles. The number of aryl methyl sites for hydroxylation is 1. The van der Waals surface area contributed by atoms with Crippen LogP contribution < -0.4 is 0 Å². The number of halogens is 1. The van der Waals surface area contributed by atoms with Gasteiger partial charge in [0, 0.05) is 104 Å². The first-order valence-electron chi connectivity index (χ1n) is 17.5. The van der Waals surface area contributed by atoms with Gasteiger partial charge in [0.25, 0.3) is 0 Å². The third kappa shape index (κ3) is 14.3. The number of aromatic nitrogens is 4. The van der Waals surface area contributed by atoms with Gasteiger partial charge in [0.2, 0.25) is 0 Å². The van der Waals surface area contributed by atoms with Gasteiger partial charge in [-0.25, -0.2) is 0 Å². The van der Waals surface area contributed by atoms with Crippen LogP contribution in [0.5, 0.6) is 5.75 Å². The number of hydrogen-bond acceptors (Lipinski definition) is 5. The summed E-state index contributed by atoms with van der Waals surface area (Å²) in [5.41, 5.74) is 8.71. The molecule has 0 bridgehead atoms. The van der Waals surface area contributed by atoms with Gasteiger partial charge < -0.3 is 15.1 Å². The van der Waals surface area contributed by atoms with Gasteiger partial charge in [0.15, 0.2) is 0 Å². The fourth-order valence-corrected chi connectivity index (χ4v) is 5.42. The van der Waals surface area contributed by atoms with Crippen LogP contribution in [0, 0.1) is 30.9 Å². The van der Waals surface area contributed by atoms with Crippen LogP contribution in [-0.4, -0.2) is 25.0 Å². The summed E-state index contributed by atoms with van der Waals surface area (Å²) in [4.78, 5) is 17.3. The second-order valence-corrected chi connectivity index (χ2v) is 12.0. The molecular formula is C49H36FIrN4OPt2-3. The molecule has 0 unspecified atom stereocenters.